The normalized spacial score (nSPS) is 20.8. The maximum atomic E-state index is 12.6. The van der Waals surface area contributed by atoms with E-state index in [1.54, 1.807) is 0 Å². The molecule has 1 fully saturated rings. The van der Waals surface area contributed by atoms with Crippen molar-refractivity contribution in [1.29, 1.82) is 0 Å². The Kier molecular flexibility index (Phi) is 3.33. The molecular weight excluding hydrogens is 231 g/mol. The molecule has 1 atom stereocenters. The molecule has 1 saturated heterocycles. The summed E-state index contributed by atoms with van der Waals surface area (Å²) in [7, 11) is 0. The molecule has 17 heavy (non-hydrogen) atoms. The monoisotopic (exact) mass is 245 g/mol. The first-order chi connectivity index (χ1) is 7.95. The van der Waals surface area contributed by atoms with E-state index in [0.717, 1.165) is 25.5 Å². The standard InChI is InChI=1S/C11H14F3N3/c1-7-16-9(5-8-3-2-4-15-8)6-10(17-7)11(12,13)14/h6,8,15H,2-5H2,1H3. The van der Waals surface area contributed by atoms with Crippen LogP contribution in [0.3, 0.4) is 0 Å². The Morgan fingerprint density at radius 1 is 1.41 bits per heavy atom. The lowest BCUT2D eigenvalue weighted by molar-refractivity contribution is -0.141. The maximum Gasteiger partial charge on any atom is 0.433 e. The van der Waals surface area contributed by atoms with E-state index in [1.807, 2.05) is 0 Å². The average Bonchev–Trinajstić information content (AvgIpc) is 2.68. The van der Waals surface area contributed by atoms with Crippen LogP contribution in [0.1, 0.15) is 30.1 Å². The highest BCUT2D eigenvalue weighted by atomic mass is 19.4. The van der Waals surface area contributed by atoms with E-state index < -0.39 is 11.9 Å². The lowest BCUT2D eigenvalue weighted by Crippen LogP contribution is -2.24. The Morgan fingerprint density at radius 3 is 2.76 bits per heavy atom. The lowest BCUT2D eigenvalue weighted by atomic mass is 10.1. The fraction of sp³-hybridized carbons (Fsp3) is 0.636. The highest BCUT2D eigenvalue weighted by Crippen LogP contribution is 2.28. The van der Waals surface area contributed by atoms with Crippen molar-refractivity contribution in [3.05, 3.63) is 23.3 Å². The van der Waals surface area contributed by atoms with Crippen molar-refractivity contribution in [1.82, 2.24) is 15.3 Å². The van der Waals surface area contributed by atoms with Gasteiger partial charge in [0, 0.05) is 18.2 Å². The van der Waals surface area contributed by atoms with Crippen molar-refractivity contribution in [3.8, 4) is 0 Å². The van der Waals surface area contributed by atoms with E-state index in [1.165, 1.54) is 6.92 Å². The van der Waals surface area contributed by atoms with Gasteiger partial charge in [-0.05, 0) is 32.4 Å². The van der Waals surface area contributed by atoms with Gasteiger partial charge in [0.15, 0.2) is 0 Å². The third-order valence-electron chi connectivity index (χ3n) is 2.80. The zero-order valence-corrected chi connectivity index (χ0v) is 9.51. The zero-order chi connectivity index (χ0) is 12.5. The maximum absolute atomic E-state index is 12.6. The summed E-state index contributed by atoms with van der Waals surface area (Å²) in [6.45, 7) is 2.42. The predicted molar refractivity (Wildman–Crippen MR) is 56.5 cm³/mol. The summed E-state index contributed by atoms with van der Waals surface area (Å²) in [6.07, 6.45) is -1.80. The first kappa shape index (κ1) is 12.3. The van der Waals surface area contributed by atoms with Crippen molar-refractivity contribution in [2.45, 2.75) is 38.4 Å². The molecule has 1 aliphatic heterocycles. The number of halogens is 3. The number of hydrogen-bond acceptors (Lipinski definition) is 3. The average molecular weight is 245 g/mol. The van der Waals surface area contributed by atoms with E-state index in [2.05, 4.69) is 15.3 Å². The summed E-state index contributed by atoms with van der Waals surface area (Å²) >= 11 is 0. The highest BCUT2D eigenvalue weighted by Gasteiger charge is 2.33. The van der Waals surface area contributed by atoms with Gasteiger partial charge in [0.2, 0.25) is 0 Å². The van der Waals surface area contributed by atoms with Gasteiger partial charge in [0.25, 0.3) is 0 Å². The second-order valence-electron chi connectivity index (χ2n) is 4.29. The summed E-state index contributed by atoms with van der Waals surface area (Å²) in [5.41, 5.74) is -0.387. The molecule has 1 aliphatic rings. The molecule has 1 N–H and O–H groups in total. The molecule has 6 heteroatoms. The number of nitrogens with zero attached hydrogens (tertiary/aromatic N) is 2. The quantitative estimate of drug-likeness (QED) is 0.867. The molecule has 3 nitrogen and oxygen atoms in total. The number of aryl methyl sites for hydroxylation is 1. The van der Waals surface area contributed by atoms with E-state index in [9.17, 15) is 13.2 Å². The van der Waals surface area contributed by atoms with Crippen molar-refractivity contribution in [3.63, 3.8) is 0 Å². The highest BCUT2D eigenvalue weighted by molar-refractivity contribution is 5.15. The van der Waals surface area contributed by atoms with E-state index >= 15 is 0 Å². The first-order valence-corrected chi connectivity index (χ1v) is 5.60. The topological polar surface area (TPSA) is 37.8 Å². The molecule has 2 heterocycles. The SMILES string of the molecule is Cc1nc(CC2CCCN2)cc(C(F)(F)F)n1. The summed E-state index contributed by atoms with van der Waals surface area (Å²) < 4.78 is 37.7. The number of alkyl halides is 3. The van der Waals surface area contributed by atoms with E-state index in [-0.39, 0.29) is 11.9 Å². The summed E-state index contributed by atoms with van der Waals surface area (Å²) in [5.74, 6) is 0.174. The second kappa shape index (κ2) is 4.60. The van der Waals surface area contributed by atoms with Crippen LogP contribution in [-0.2, 0) is 12.6 Å². The molecular formula is C11H14F3N3. The predicted octanol–water partition coefficient (Wildman–Crippen LogP) is 2.10. The Bertz CT molecular complexity index is 397. The molecule has 0 amide bonds. The van der Waals surface area contributed by atoms with Gasteiger partial charge < -0.3 is 5.32 Å². The van der Waals surface area contributed by atoms with Crippen molar-refractivity contribution >= 4 is 0 Å². The van der Waals surface area contributed by atoms with Gasteiger partial charge in [-0.2, -0.15) is 13.2 Å². The molecule has 1 aromatic heterocycles. The number of hydrogen-bond donors (Lipinski definition) is 1. The van der Waals surface area contributed by atoms with Gasteiger partial charge in [-0.1, -0.05) is 0 Å². The molecule has 0 radical (unpaired) electrons. The van der Waals surface area contributed by atoms with Gasteiger partial charge in [0.1, 0.15) is 11.5 Å². The number of aromatic nitrogens is 2. The van der Waals surface area contributed by atoms with Crippen LogP contribution < -0.4 is 5.32 Å². The van der Waals surface area contributed by atoms with Crippen molar-refractivity contribution in [2.75, 3.05) is 6.54 Å². The minimum Gasteiger partial charge on any atom is -0.314 e. The molecule has 1 aromatic rings. The molecule has 0 bridgehead atoms. The lowest BCUT2D eigenvalue weighted by Gasteiger charge is -2.12. The van der Waals surface area contributed by atoms with Gasteiger partial charge in [-0.25, -0.2) is 9.97 Å². The van der Waals surface area contributed by atoms with Crippen LogP contribution in [0.4, 0.5) is 13.2 Å². The third kappa shape index (κ3) is 3.15. The minimum atomic E-state index is -4.40. The Labute approximate surface area is 97.5 Å². The van der Waals surface area contributed by atoms with Crippen LogP contribution in [0.25, 0.3) is 0 Å². The van der Waals surface area contributed by atoms with Gasteiger partial charge in [0.05, 0.1) is 0 Å². The van der Waals surface area contributed by atoms with Crippen LogP contribution in [0.15, 0.2) is 6.07 Å². The van der Waals surface area contributed by atoms with Gasteiger partial charge >= 0.3 is 6.18 Å². The number of rotatable bonds is 2. The summed E-state index contributed by atoms with van der Waals surface area (Å²) in [5, 5.41) is 3.24. The van der Waals surface area contributed by atoms with Gasteiger partial charge in [-0.3, -0.25) is 0 Å². The first-order valence-electron chi connectivity index (χ1n) is 5.60. The molecule has 94 valence electrons. The molecule has 0 aromatic carbocycles. The van der Waals surface area contributed by atoms with Crippen LogP contribution in [0, 0.1) is 6.92 Å². The van der Waals surface area contributed by atoms with Crippen LogP contribution in [0.5, 0.6) is 0 Å². The molecule has 0 saturated carbocycles. The fourth-order valence-corrected chi connectivity index (χ4v) is 2.06. The van der Waals surface area contributed by atoms with E-state index in [0.29, 0.717) is 12.1 Å². The van der Waals surface area contributed by atoms with Crippen LogP contribution in [-0.4, -0.2) is 22.6 Å². The number of nitrogens with one attached hydrogen (secondary N) is 1. The van der Waals surface area contributed by atoms with Crippen LogP contribution >= 0.6 is 0 Å². The smallest absolute Gasteiger partial charge is 0.314 e. The van der Waals surface area contributed by atoms with Crippen LogP contribution in [0.2, 0.25) is 0 Å². The molecule has 1 unspecified atom stereocenters. The minimum absolute atomic E-state index is 0.174. The Balaban J connectivity index is 2.19. The summed E-state index contributed by atoms with van der Waals surface area (Å²) in [6, 6.07) is 1.29. The van der Waals surface area contributed by atoms with E-state index in [4.69, 9.17) is 0 Å². The fourth-order valence-electron chi connectivity index (χ4n) is 2.06. The Morgan fingerprint density at radius 2 is 2.18 bits per heavy atom. The largest absolute Gasteiger partial charge is 0.433 e. The van der Waals surface area contributed by atoms with Crippen molar-refractivity contribution < 1.29 is 13.2 Å². The molecule has 0 spiro atoms. The molecule has 2 rings (SSSR count). The summed E-state index contributed by atoms with van der Waals surface area (Å²) in [4.78, 5) is 7.48. The third-order valence-corrected chi connectivity index (χ3v) is 2.80. The second-order valence-corrected chi connectivity index (χ2v) is 4.29. The van der Waals surface area contributed by atoms with Crippen molar-refractivity contribution in [2.24, 2.45) is 0 Å². The molecule has 0 aliphatic carbocycles. The zero-order valence-electron chi connectivity index (χ0n) is 9.51. The van der Waals surface area contributed by atoms with Gasteiger partial charge in [-0.15, -0.1) is 0 Å². The Hall–Kier alpha value is -1.17.